The van der Waals surface area contributed by atoms with Crippen molar-refractivity contribution in [2.75, 3.05) is 11.5 Å². The van der Waals surface area contributed by atoms with Crippen molar-refractivity contribution in [2.45, 2.75) is 63.4 Å². The van der Waals surface area contributed by atoms with Crippen LogP contribution >= 0.6 is 11.8 Å². The minimum atomic E-state index is 0.783. The van der Waals surface area contributed by atoms with Crippen LogP contribution in [0.25, 0.3) is 11.0 Å². The highest BCUT2D eigenvalue weighted by Gasteiger charge is 2.03. The van der Waals surface area contributed by atoms with E-state index in [1.54, 1.807) is 0 Å². The molecule has 21 heavy (non-hydrogen) atoms. The number of imidazole rings is 1. The number of aromatic nitrogens is 2. The lowest BCUT2D eigenvalue weighted by Gasteiger charge is -2.00. The molecule has 0 fully saturated rings. The molecule has 2 rings (SSSR count). The van der Waals surface area contributed by atoms with Gasteiger partial charge in [0.2, 0.25) is 0 Å². The molecule has 116 valence electrons. The molecule has 0 spiro atoms. The number of nitrogens with one attached hydrogen (secondary N) is 1. The smallest absolute Gasteiger partial charge is 0.166 e. The topological polar surface area (TPSA) is 54.7 Å². The molecular formula is C17H27N3S. The Morgan fingerprint density at radius 1 is 1.05 bits per heavy atom. The van der Waals surface area contributed by atoms with Crippen LogP contribution in [-0.4, -0.2) is 15.7 Å². The molecule has 0 atom stereocenters. The van der Waals surface area contributed by atoms with Gasteiger partial charge in [-0.3, -0.25) is 0 Å². The molecule has 0 bridgehead atoms. The fourth-order valence-electron chi connectivity index (χ4n) is 2.48. The van der Waals surface area contributed by atoms with Crippen LogP contribution < -0.4 is 5.73 Å². The van der Waals surface area contributed by atoms with Crippen molar-refractivity contribution in [1.29, 1.82) is 0 Å². The van der Waals surface area contributed by atoms with E-state index in [9.17, 15) is 0 Å². The molecule has 0 radical (unpaired) electrons. The SMILES string of the molecule is CCCCCCCCCCSc1nc2ccc(N)cc2[nH]1. The van der Waals surface area contributed by atoms with Gasteiger partial charge in [-0.25, -0.2) is 4.98 Å². The molecule has 4 heteroatoms. The molecule has 1 aromatic carbocycles. The average Bonchev–Trinajstić information content (AvgIpc) is 2.87. The first-order chi connectivity index (χ1) is 10.3. The van der Waals surface area contributed by atoms with Crippen LogP contribution in [0.2, 0.25) is 0 Å². The Kier molecular flexibility index (Phi) is 6.93. The van der Waals surface area contributed by atoms with Crippen molar-refractivity contribution in [1.82, 2.24) is 9.97 Å². The molecule has 0 aliphatic rings. The highest BCUT2D eigenvalue weighted by Crippen LogP contribution is 2.22. The first-order valence-corrected chi connectivity index (χ1v) is 9.16. The van der Waals surface area contributed by atoms with Crippen LogP contribution in [0, 0.1) is 0 Å². The number of nitrogens with zero attached hydrogens (tertiary/aromatic N) is 1. The van der Waals surface area contributed by atoms with Gasteiger partial charge in [0.25, 0.3) is 0 Å². The molecule has 3 nitrogen and oxygen atoms in total. The zero-order valence-electron chi connectivity index (χ0n) is 13.0. The van der Waals surface area contributed by atoms with E-state index in [0.29, 0.717) is 0 Å². The minimum absolute atomic E-state index is 0.783. The molecule has 0 saturated heterocycles. The second kappa shape index (κ2) is 8.98. The van der Waals surface area contributed by atoms with E-state index in [1.165, 1.54) is 51.4 Å². The predicted octanol–water partition coefficient (Wildman–Crippen LogP) is 5.38. The Labute approximate surface area is 132 Å². The van der Waals surface area contributed by atoms with E-state index in [1.807, 2.05) is 30.0 Å². The Morgan fingerprint density at radius 2 is 1.76 bits per heavy atom. The zero-order chi connectivity index (χ0) is 14.9. The number of rotatable bonds is 10. The van der Waals surface area contributed by atoms with E-state index in [0.717, 1.165) is 27.6 Å². The minimum Gasteiger partial charge on any atom is -0.399 e. The summed E-state index contributed by atoms with van der Waals surface area (Å²) in [7, 11) is 0. The molecule has 3 N–H and O–H groups in total. The normalized spacial score (nSPS) is 11.3. The summed E-state index contributed by atoms with van der Waals surface area (Å²) in [5, 5.41) is 1.01. The summed E-state index contributed by atoms with van der Waals surface area (Å²) in [6, 6.07) is 5.82. The van der Waals surface area contributed by atoms with E-state index in [2.05, 4.69) is 16.9 Å². The van der Waals surface area contributed by atoms with Gasteiger partial charge in [0, 0.05) is 11.4 Å². The highest BCUT2D eigenvalue weighted by atomic mass is 32.2. The number of H-pyrrole nitrogens is 1. The second-order valence-corrected chi connectivity index (χ2v) is 6.73. The Hall–Kier alpha value is -1.16. The first kappa shape index (κ1) is 16.2. The summed E-state index contributed by atoms with van der Waals surface area (Å²) >= 11 is 1.82. The summed E-state index contributed by atoms with van der Waals surface area (Å²) in [4.78, 5) is 7.91. The number of hydrogen-bond acceptors (Lipinski definition) is 3. The second-order valence-electron chi connectivity index (χ2n) is 5.64. The van der Waals surface area contributed by atoms with Crippen LogP contribution in [0.4, 0.5) is 5.69 Å². The number of fused-ring (bicyclic) bond motifs is 1. The number of nitrogen functional groups attached to an aromatic ring is 1. The van der Waals surface area contributed by atoms with Gasteiger partial charge in [-0.1, -0.05) is 63.6 Å². The van der Waals surface area contributed by atoms with E-state index >= 15 is 0 Å². The van der Waals surface area contributed by atoms with Gasteiger partial charge in [0.05, 0.1) is 11.0 Å². The third-order valence-corrected chi connectivity index (χ3v) is 4.68. The summed E-state index contributed by atoms with van der Waals surface area (Å²) < 4.78 is 0. The molecule has 0 aliphatic heterocycles. The molecule has 0 saturated carbocycles. The zero-order valence-corrected chi connectivity index (χ0v) is 13.8. The fraction of sp³-hybridized carbons (Fsp3) is 0.588. The lowest BCUT2D eigenvalue weighted by Crippen LogP contribution is -1.84. The van der Waals surface area contributed by atoms with Gasteiger partial charge in [0.1, 0.15) is 0 Å². The molecular weight excluding hydrogens is 278 g/mol. The standard InChI is InChI=1S/C17H27N3S/c1-2-3-4-5-6-7-8-9-12-21-17-19-15-11-10-14(18)13-16(15)20-17/h10-11,13H,2-9,12,18H2,1H3,(H,19,20). The number of benzene rings is 1. The van der Waals surface area contributed by atoms with Gasteiger partial charge < -0.3 is 10.7 Å². The van der Waals surface area contributed by atoms with Crippen LogP contribution in [0.3, 0.4) is 0 Å². The third kappa shape index (κ3) is 5.62. The van der Waals surface area contributed by atoms with Crippen molar-refractivity contribution < 1.29 is 0 Å². The van der Waals surface area contributed by atoms with Crippen LogP contribution in [-0.2, 0) is 0 Å². The third-order valence-electron chi connectivity index (χ3n) is 3.72. The number of anilines is 1. The van der Waals surface area contributed by atoms with Crippen molar-refractivity contribution >= 4 is 28.5 Å². The Bertz CT molecular complexity index is 536. The maximum absolute atomic E-state index is 5.78. The van der Waals surface area contributed by atoms with Crippen molar-refractivity contribution in [3.63, 3.8) is 0 Å². The molecule has 0 amide bonds. The molecule has 1 heterocycles. The lowest BCUT2D eigenvalue weighted by molar-refractivity contribution is 0.586. The quantitative estimate of drug-likeness (QED) is 0.352. The van der Waals surface area contributed by atoms with Gasteiger partial charge in [0.15, 0.2) is 5.16 Å². The van der Waals surface area contributed by atoms with Gasteiger partial charge >= 0.3 is 0 Å². The predicted molar refractivity (Wildman–Crippen MR) is 93.8 cm³/mol. The molecule has 1 aromatic heterocycles. The number of nitrogens with two attached hydrogens (primary N) is 1. The van der Waals surface area contributed by atoms with Crippen LogP contribution in [0.5, 0.6) is 0 Å². The number of thioether (sulfide) groups is 1. The van der Waals surface area contributed by atoms with Gasteiger partial charge in [-0.2, -0.15) is 0 Å². The Balaban J connectivity index is 1.59. The molecule has 0 aliphatic carbocycles. The maximum atomic E-state index is 5.78. The van der Waals surface area contributed by atoms with E-state index < -0.39 is 0 Å². The highest BCUT2D eigenvalue weighted by molar-refractivity contribution is 7.99. The summed E-state index contributed by atoms with van der Waals surface area (Å²) in [5.41, 5.74) is 8.60. The van der Waals surface area contributed by atoms with Crippen LogP contribution in [0.1, 0.15) is 58.3 Å². The van der Waals surface area contributed by atoms with E-state index in [4.69, 9.17) is 5.73 Å². The van der Waals surface area contributed by atoms with Crippen molar-refractivity contribution in [3.05, 3.63) is 18.2 Å². The summed E-state index contributed by atoms with van der Waals surface area (Å²) in [5.74, 6) is 1.14. The lowest BCUT2D eigenvalue weighted by atomic mass is 10.1. The van der Waals surface area contributed by atoms with Gasteiger partial charge in [-0.15, -0.1) is 0 Å². The largest absolute Gasteiger partial charge is 0.399 e. The first-order valence-electron chi connectivity index (χ1n) is 8.17. The summed E-state index contributed by atoms with van der Waals surface area (Å²) in [6.45, 7) is 2.27. The Morgan fingerprint density at radius 3 is 2.52 bits per heavy atom. The number of hydrogen-bond donors (Lipinski definition) is 2. The number of unbranched alkanes of at least 4 members (excludes halogenated alkanes) is 7. The van der Waals surface area contributed by atoms with Crippen molar-refractivity contribution in [2.24, 2.45) is 0 Å². The monoisotopic (exact) mass is 305 g/mol. The molecule has 0 unspecified atom stereocenters. The maximum Gasteiger partial charge on any atom is 0.166 e. The number of aromatic amines is 1. The average molecular weight is 305 g/mol. The van der Waals surface area contributed by atoms with E-state index in [-0.39, 0.29) is 0 Å². The summed E-state index contributed by atoms with van der Waals surface area (Å²) in [6.07, 6.45) is 10.9. The van der Waals surface area contributed by atoms with Crippen molar-refractivity contribution in [3.8, 4) is 0 Å². The van der Waals surface area contributed by atoms with Crippen LogP contribution in [0.15, 0.2) is 23.4 Å². The fourth-order valence-corrected chi connectivity index (χ4v) is 3.36. The van der Waals surface area contributed by atoms with Gasteiger partial charge in [-0.05, 0) is 24.6 Å². The molecule has 2 aromatic rings.